The van der Waals surface area contributed by atoms with Gasteiger partial charge in [-0.2, -0.15) is 5.10 Å². The molecule has 1 amide bonds. The summed E-state index contributed by atoms with van der Waals surface area (Å²) in [6.07, 6.45) is 1.78. The van der Waals surface area contributed by atoms with Crippen LogP contribution in [0.3, 0.4) is 0 Å². The van der Waals surface area contributed by atoms with Crippen LogP contribution in [0.25, 0.3) is 0 Å². The molecule has 0 unspecified atom stereocenters. The maximum atomic E-state index is 12.6. The first kappa shape index (κ1) is 21.3. The van der Waals surface area contributed by atoms with Crippen molar-refractivity contribution < 1.29 is 9.53 Å². The van der Waals surface area contributed by atoms with Gasteiger partial charge in [-0.1, -0.05) is 18.2 Å². The van der Waals surface area contributed by atoms with E-state index in [4.69, 9.17) is 4.74 Å². The fraction of sp³-hybridized carbons (Fsp3) is 0.571. The Bertz CT molecular complexity index is 853. The van der Waals surface area contributed by atoms with Gasteiger partial charge in [0.1, 0.15) is 5.82 Å². The molecule has 8 nitrogen and oxygen atoms in total. The maximum Gasteiger partial charge on any atom is 0.345 e. The normalized spacial score (nSPS) is 15.6. The molecule has 1 aromatic carbocycles. The van der Waals surface area contributed by atoms with Crippen LogP contribution in [0.4, 0.5) is 5.69 Å². The first-order valence-corrected chi connectivity index (χ1v) is 10.3. The number of anilines is 1. The van der Waals surface area contributed by atoms with Gasteiger partial charge in [-0.25, -0.2) is 9.48 Å². The topological polar surface area (TPSA) is 72.6 Å². The summed E-state index contributed by atoms with van der Waals surface area (Å²) in [4.78, 5) is 29.1. The van der Waals surface area contributed by atoms with Crippen molar-refractivity contribution in [1.82, 2.24) is 19.2 Å². The molecule has 0 saturated carbocycles. The number of amides is 1. The molecule has 158 valence electrons. The van der Waals surface area contributed by atoms with E-state index in [1.165, 1.54) is 4.68 Å². The lowest BCUT2D eigenvalue weighted by molar-refractivity contribution is -0.119. The number of rotatable bonds is 8. The van der Waals surface area contributed by atoms with Gasteiger partial charge in [-0.15, -0.1) is 0 Å². The molecular weight excluding hydrogens is 370 g/mol. The van der Waals surface area contributed by atoms with Crippen LogP contribution in [0, 0.1) is 0 Å². The van der Waals surface area contributed by atoms with Crippen molar-refractivity contribution in [2.24, 2.45) is 0 Å². The highest BCUT2D eigenvalue weighted by Crippen LogP contribution is 2.26. The van der Waals surface area contributed by atoms with E-state index in [0.717, 1.165) is 37.4 Å². The summed E-state index contributed by atoms with van der Waals surface area (Å²) in [5.41, 5.74) is 0.836. The molecule has 2 aromatic rings. The van der Waals surface area contributed by atoms with Crippen molar-refractivity contribution in [1.29, 1.82) is 0 Å². The lowest BCUT2D eigenvalue weighted by atomic mass is 9.96. The van der Waals surface area contributed by atoms with Crippen molar-refractivity contribution in [3.63, 3.8) is 0 Å². The van der Waals surface area contributed by atoms with E-state index < -0.39 is 0 Å². The van der Waals surface area contributed by atoms with Gasteiger partial charge in [0.15, 0.2) is 0 Å². The van der Waals surface area contributed by atoms with Gasteiger partial charge in [0, 0.05) is 32.3 Å². The van der Waals surface area contributed by atoms with Gasteiger partial charge in [0.25, 0.3) is 0 Å². The highest BCUT2D eigenvalue weighted by Gasteiger charge is 2.27. The Morgan fingerprint density at radius 3 is 2.55 bits per heavy atom. The Balaban J connectivity index is 1.59. The number of ether oxygens (including phenoxy) is 1. The number of carbonyl (C=O) groups excluding carboxylic acids is 1. The number of para-hydroxylation sites is 1. The smallest absolute Gasteiger partial charge is 0.345 e. The fourth-order valence-electron chi connectivity index (χ4n) is 3.82. The summed E-state index contributed by atoms with van der Waals surface area (Å²) in [7, 11) is 3.44. The van der Waals surface area contributed by atoms with Crippen molar-refractivity contribution in [3.05, 3.63) is 46.6 Å². The molecule has 0 N–H and O–H groups in total. The molecule has 8 heteroatoms. The van der Waals surface area contributed by atoms with Crippen LogP contribution in [-0.4, -0.2) is 65.6 Å². The van der Waals surface area contributed by atoms with E-state index in [2.05, 4.69) is 10.00 Å². The third kappa shape index (κ3) is 4.94. The van der Waals surface area contributed by atoms with Crippen molar-refractivity contribution in [3.8, 4) is 0 Å². The summed E-state index contributed by atoms with van der Waals surface area (Å²) in [5, 5.41) is 4.59. The number of piperidine rings is 1. The molecule has 0 aliphatic carbocycles. The Morgan fingerprint density at radius 2 is 1.93 bits per heavy atom. The Hall–Kier alpha value is -2.45. The van der Waals surface area contributed by atoms with E-state index in [9.17, 15) is 9.59 Å². The molecule has 0 atom stereocenters. The van der Waals surface area contributed by atoms with E-state index in [1.807, 2.05) is 44.3 Å². The van der Waals surface area contributed by atoms with Crippen LogP contribution in [0.15, 0.2) is 35.1 Å². The van der Waals surface area contributed by atoms with Crippen LogP contribution in [-0.2, 0) is 22.6 Å². The number of benzene rings is 1. The quantitative estimate of drug-likeness (QED) is 0.671. The van der Waals surface area contributed by atoms with Gasteiger partial charge >= 0.3 is 5.69 Å². The van der Waals surface area contributed by atoms with Crippen LogP contribution < -0.4 is 10.6 Å². The zero-order valence-corrected chi connectivity index (χ0v) is 17.6. The van der Waals surface area contributed by atoms with E-state index >= 15 is 0 Å². The SMILES string of the molecule is CCn1c(C2CCN(CC(=O)N(C)c3ccccc3)CC2)nn(CCOC)c1=O. The number of carbonyl (C=O) groups is 1. The van der Waals surface area contributed by atoms with Crippen LogP contribution in [0.5, 0.6) is 0 Å². The summed E-state index contributed by atoms with van der Waals surface area (Å²) >= 11 is 0. The van der Waals surface area contributed by atoms with Crippen molar-refractivity contribution in [2.75, 3.05) is 45.3 Å². The van der Waals surface area contributed by atoms with Crippen molar-refractivity contribution in [2.45, 2.75) is 38.8 Å². The van der Waals surface area contributed by atoms with Gasteiger partial charge in [-0.3, -0.25) is 14.3 Å². The molecule has 2 heterocycles. The van der Waals surface area contributed by atoms with E-state index in [1.54, 1.807) is 16.6 Å². The van der Waals surface area contributed by atoms with Gasteiger partial charge < -0.3 is 9.64 Å². The Morgan fingerprint density at radius 1 is 1.24 bits per heavy atom. The van der Waals surface area contributed by atoms with E-state index in [0.29, 0.717) is 26.2 Å². The second-order valence-electron chi connectivity index (χ2n) is 7.44. The molecule has 0 spiro atoms. The number of hydrogen-bond donors (Lipinski definition) is 0. The minimum Gasteiger partial charge on any atom is -0.383 e. The van der Waals surface area contributed by atoms with Crippen LogP contribution in [0.1, 0.15) is 31.5 Å². The second-order valence-corrected chi connectivity index (χ2v) is 7.44. The number of likely N-dealkylation sites (N-methyl/N-ethyl adjacent to an activating group) is 1. The molecule has 1 aromatic heterocycles. The van der Waals surface area contributed by atoms with Crippen molar-refractivity contribution >= 4 is 11.6 Å². The molecule has 1 aliphatic heterocycles. The summed E-state index contributed by atoms with van der Waals surface area (Å²) in [6.45, 7) is 5.57. The highest BCUT2D eigenvalue weighted by molar-refractivity contribution is 5.94. The van der Waals surface area contributed by atoms with Crippen LogP contribution >= 0.6 is 0 Å². The lowest BCUT2D eigenvalue weighted by Gasteiger charge is -2.32. The molecule has 3 rings (SSSR count). The monoisotopic (exact) mass is 401 g/mol. The molecule has 1 aliphatic rings. The number of hydrogen-bond acceptors (Lipinski definition) is 5. The number of nitrogens with zero attached hydrogens (tertiary/aromatic N) is 5. The average Bonchev–Trinajstić information content (AvgIpc) is 3.08. The number of aromatic nitrogens is 3. The second kappa shape index (κ2) is 9.84. The zero-order valence-electron chi connectivity index (χ0n) is 17.6. The predicted molar refractivity (Wildman–Crippen MR) is 112 cm³/mol. The van der Waals surface area contributed by atoms with Gasteiger partial charge in [0.2, 0.25) is 5.91 Å². The molecule has 1 saturated heterocycles. The molecule has 0 bridgehead atoms. The van der Waals surface area contributed by atoms with Gasteiger partial charge in [0.05, 0.1) is 19.7 Å². The van der Waals surface area contributed by atoms with Crippen LogP contribution in [0.2, 0.25) is 0 Å². The van der Waals surface area contributed by atoms with E-state index in [-0.39, 0.29) is 17.5 Å². The third-order valence-electron chi connectivity index (χ3n) is 5.60. The number of likely N-dealkylation sites (tertiary alicyclic amines) is 1. The summed E-state index contributed by atoms with van der Waals surface area (Å²) in [6, 6.07) is 9.69. The molecule has 1 fully saturated rings. The standard InChI is InChI=1S/C21H31N5O3/c1-4-25-20(22-26(21(25)28)14-15-29-3)17-10-12-24(13-11-17)16-19(27)23(2)18-8-6-5-7-9-18/h5-9,17H,4,10-16H2,1-3H3. The molecule has 0 radical (unpaired) electrons. The average molecular weight is 402 g/mol. The summed E-state index contributed by atoms with van der Waals surface area (Å²) in [5.74, 6) is 1.19. The number of methoxy groups -OCH3 is 1. The molecular formula is C21H31N5O3. The Labute approximate surface area is 171 Å². The minimum atomic E-state index is -0.0679. The zero-order chi connectivity index (χ0) is 20.8. The fourth-order valence-corrected chi connectivity index (χ4v) is 3.82. The lowest BCUT2D eigenvalue weighted by Crippen LogP contribution is -2.42. The highest BCUT2D eigenvalue weighted by atomic mass is 16.5. The predicted octanol–water partition coefficient (Wildman–Crippen LogP) is 1.55. The van der Waals surface area contributed by atoms with Gasteiger partial charge in [-0.05, 0) is 45.0 Å². The maximum absolute atomic E-state index is 12.6. The third-order valence-corrected chi connectivity index (χ3v) is 5.60. The first-order chi connectivity index (χ1) is 14.0. The largest absolute Gasteiger partial charge is 0.383 e. The Kier molecular flexibility index (Phi) is 7.22. The summed E-state index contributed by atoms with van der Waals surface area (Å²) < 4.78 is 8.35. The molecule has 29 heavy (non-hydrogen) atoms. The minimum absolute atomic E-state index is 0.0679. The first-order valence-electron chi connectivity index (χ1n) is 10.3.